The molecule has 138 valence electrons. The van der Waals surface area contributed by atoms with E-state index in [0.717, 1.165) is 6.42 Å². The van der Waals surface area contributed by atoms with Gasteiger partial charge in [-0.1, -0.05) is 23.7 Å². The Hall–Kier alpha value is -3.00. The van der Waals surface area contributed by atoms with E-state index in [-0.39, 0.29) is 33.8 Å². The smallest absolute Gasteiger partial charge is 0.242 e. The van der Waals surface area contributed by atoms with Crippen molar-refractivity contribution in [3.8, 4) is 11.4 Å². The number of ketones is 2. The van der Waals surface area contributed by atoms with Crippen LogP contribution in [0.3, 0.4) is 0 Å². The lowest BCUT2D eigenvalue weighted by Gasteiger charge is -2.25. The van der Waals surface area contributed by atoms with E-state index in [0.29, 0.717) is 18.5 Å². The first kappa shape index (κ1) is 17.4. The number of benzene rings is 1. The number of carbonyl (C=O) groups excluding carboxylic acids is 3. The van der Waals surface area contributed by atoms with Gasteiger partial charge in [0, 0.05) is 12.1 Å². The second-order valence-electron chi connectivity index (χ2n) is 6.30. The number of nitrogens with one attached hydrogen (secondary N) is 3. The Labute approximate surface area is 158 Å². The normalized spacial score (nSPS) is 19.8. The number of halogens is 2. The Morgan fingerprint density at radius 2 is 2.04 bits per heavy atom. The number of amides is 1. The van der Waals surface area contributed by atoms with Crippen LogP contribution in [0, 0.1) is 5.82 Å². The fraction of sp³-hybridized carbons (Fsp3) is 0.222. The van der Waals surface area contributed by atoms with Crippen LogP contribution >= 0.6 is 11.6 Å². The monoisotopic (exact) mass is 388 g/mol. The summed E-state index contributed by atoms with van der Waals surface area (Å²) in [6.07, 6.45) is 1.26. The van der Waals surface area contributed by atoms with Crippen LogP contribution in [-0.2, 0) is 4.79 Å². The first-order valence-corrected chi connectivity index (χ1v) is 8.73. The van der Waals surface area contributed by atoms with E-state index in [1.54, 1.807) is 6.07 Å². The van der Waals surface area contributed by atoms with Gasteiger partial charge in [0.1, 0.15) is 39.8 Å². The Balaban J connectivity index is 1.69. The van der Waals surface area contributed by atoms with Gasteiger partial charge in [0.05, 0.1) is 0 Å². The van der Waals surface area contributed by atoms with Gasteiger partial charge in [-0.15, -0.1) is 0 Å². The van der Waals surface area contributed by atoms with Gasteiger partial charge in [0.25, 0.3) is 0 Å². The first-order valence-electron chi connectivity index (χ1n) is 8.35. The number of aromatic amines is 1. The minimum Gasteiger partial charge on any atom is -0.369 e. The van der Waals surface area contributed by atoms with Gasteiger partial charge in [-0.25, -0.2) is 9.37 Å². The molecular formula is C18H14ClFN4O3. The second kappa shape index (κ2) is 6.62. The minimum atomic E-state index is -0.651. The molecule has 3 N–H and O–H groups in total. The van der Waals surface area contributed by atoms with Gasteiger partial charge in [0.15, 0.2) is 0 Å². The summed E-state index contributed by atoms with van der Waals surface area (Å²) in [6.45, 7) is 0.567. The third-order valence-electron chi connectivity index (χ3n) is 4.49. The van der Waals surface area contributed by atoms with E-state index in [9.17, 15) is 18.8 Å². The Bertz CT molecular complexity index is 1010. The lowest BCUT2D eigenvalue weighted by atomic mass is 10.00. The highest BCUT2D eigenvalue weighted by Crippen LogP contribution is 2.29. The van der Waals surface area contributed by atoms with Gasteiger partial charge in [-0.3, -0.25) is 14.4 Å². The number of aromatic nitrogens is 2. The van der Waals surface area contributed by atoms with Crippen LogP contribution < -0.4 is 10.6 Å². The molecule has 0 saturated carbocycles. The summed E-state index contributed by atoms with van der Waals surface area (Å²) in [7, 11) is 0. The van der Waals surface area contributed by atoms with Gasteiger partial charge >= 0.3 is 0 Å². The maximum Gasteiger partial charge on any atom is 0.242 e. The molecule has 2 heterocycles. The maximum absolute atomic E-state index is 13.5. The molecule has 1 aromatic carbocycles. The predicted octanol–water partition coefficient (Wildman–Crippen LogP) is 1.91. The number of nitrogens with zero attached hydrogens (tertiary/aromatic N) is 1. The number of fused-ring (bicyclic) bond motifs is 1. The van der Waals surface area contributed by atoms with Crippen molar-refractivity contribution >= 4 is 29.1 Å². The summed E-state index contributed by atoms with van der Waals surface area (Å²) in [6, 6.07) is 4.96. The highest BCUT2D eigenvalue weighted by Gasteiger charge is 2.37. The Morgan fingerprint density at radius 1 is 1.22 bits per heavy atom. The van der Waals surface area contributed by atoms with E-state index in [4.69, 9.17) is 11.6 Å². The molecule has 1 aliphatic carbocycles. The summed E-state index contributed by atoms with van der Waals surface area (Å²) >= 11 is 6.11. The molecule has 1 aliphatic heterocycles. The van der Waals surface area contributed by atoms with Crippen LogP contribution in [0.2, 0.25) is 0 Å². The van der Waals surface area contributed by atoms with Gasteiger partial charge in [-0.2, -0.15) is 0 Å². The van der Waals surface area contributed by atoms with E-state index >= 15 is 0 Å². The van der Waals surface area contributed by atoms with E-state index in [2.05, 4.69) is 20.6 Å². The van der Waals surface area contributed by atoms with Crippen LogP contribution in [0.1, 0.15) is 33.8 Å². The quantitative estimate of drug-likeness (QED) is 0.745. The molecule has 0 spiro atoms. The van der Waals surface area contributed by atoms with Gasteiger partial charge in [0.2, 0.25) is 17.5 Å². The molecule has 2 aromatic rings. The summed E-state index contributed by atoms with van der Waals surface area (Å²) in [5.41, 5.74) is 0.0843. The molecule has 1 fully saturated rings. The van der Waals surface area contributed by atoms with Crippen LogP contribution in [0.25, 0.3) is 11.4 Å². The minimum absolute atomic E-state index is 0.0529. The molecule has 2 aliphatic rings. The molecule has 4 rings (SSSR count). The number of allylic oxidation sites excluding steroid dienone is 2. The molecule has 1 aromatic heterocycles. The molecule has 1 amide bonds. The number of Topliss-reactive ketones (excluding diaryl/α,β-unsaturated/α-hetero) is 2. The van der Waals surface area contributed by atoms with Crippen molar-refractivity contribution in [2.75, 3.05) is 6.54 Å². The average Bonchev–Trinajstić information content (AvgIpc) is 3.11. The lowest BCUT2D eigenvalue weighted by molar-refractivity contribution is -0.124. The molecule has 27 heavy (non-hydrogen) atoms. The third kappa shape index (κ3) is 3.02. The standard InChI is InChI=1S/C18H14ClFN4O3/c19-11-12(22-10-5-2-6-21-18(10)27)16(26)14-13(15(11)25)23-17(24-14)8-3-1-4-9(20)7-8/h1,3-4,7,10,22H,2,5-6H2,(H,21,27)(H,23,24)/t10-/m0/s1. The third-order valence-corrected chi connectivity index (χ3v) is 4.85. The van der Waals surface area contributed by atoms with E-state index < -0.39 is 23.4 Å². The van der Waals surface area contributed by atoms with Crippen molar-refractivity contribution in [2.45, 2.75) is 18.9 Å². The fourth-order valence-corrected chi connectivity index (χ4v) is 3.36. The van der Waals surface area contributed by atoms with Gasteiger partial charge in [-0.05, 0) is 25.0 Å². The zero-order valence-corrected chi connectivity index (χ0v) is 14.7. The Morgan fingerprint density at radius 3 is 2.78 bits per heavy atom. The summed E-state index contributed by atoms with van der Waals surface area (Å²) < 4.78 is 13.5. The summed E-state index contributed by atoms with van der Waals surface area (Å²) in [5.74, 6) is -1.75. The fourth-order valence-electron chi connectivity index (χ4n) is 3.13. The number of imidazole rings is 1. The molecule has 9 heteroatoms. The molecule has 0 bridgehead atoms. The van der Waals surface area contributed by atoms with Crippen molar-refractivity contribution in [2.24, 2.45) is 0 Å². The SMILES string of the molecule is O=C1C(N[C@H]2CCCNC2=O)=C(Cl)C(=O)c2[nH]c(-c3cccc(F)c3)nc21. The number of rotatable bonds is 3. The number of H-pyrrole nitrogens is 1. The lowest BCUT2D eigenvalue weighted by Crippen LogP contribution is -2.49. The zero-order chi connectivity index (χ0) is 19.1. The molecule has 0 unspecified atom stereocenters. The topological polar surface area (TPSA) is 104 Å². The molecule has 0 radical (unpaired) electrons. The van der Waals surface area contributed by atoms with E-state index in [1.165, 1.54) is 18.2 Å². The van der Waals surface area contributed by atoms with Crippen LogP contribution in [-0.4, -0.2) is 40.0 Å². The number of piperidine rings is 1. The summed E-state index contributed by atoms with van der Waals surface area (Å²) in [4.78, 5) is 44.2. The average molecular weight is 389 g/mol. The van der Waals surface area contributed by atoms with Crippen molar-refractivity contribution in [1.29, 1.82) is 0 Å². The maximum atomic E-state index is 13.5. The van der Waals surface area contributed by atoms with Crippen LogP contribution in [0.4, 0.5) is 4.39 Å². The van der Waals surface area contributed by atoms with Crippen molar-refractivity contribution < 1.29 is 18.8 Å². The van der Waals surface area contributed by atoms with Gasteiger partial charge < -0.3 is 15.6 Å². The van der Waals surface area contributed by atoms with Crippen molar-refractivity contribution in [3.05, 3.63) is 52.2 Å². The molecule has 1 atom stereocenters. The predicted molar refractivity (Wildman–Crippen MR) is 94.7 cm³/mol. The number of hydrogen-bond acceptors (Lipinski definition) is 5. The van der Waals surface area contributed by atoms with E-state index in [1.807, 2.05) is 0 Å². The van der Waals surface area contributed by atoms with Crippen LogP contribution in [0.15, 0.2) is 35.0 Å². The molecule has 1 saturated heterocycles. The largest absolute Gasteiger partial charge is 0.369 e. The highest BCUT2D eigenvalue weighted by molar-refractivity contribution is 6.49. The van der Waals surface area contributed by atoms with Crippen molar-refractivity contribution in [1.82, 2.24) is 20.6 Å². The zero-order valence-electron chi connectivity index (χ0n) is 13.9. The Kier molecular flexibility index (Phi) is 4.27. The summed E-state index contributed by atoms with van der Waals surface area (Å²) in [5, 5.41) is 5.17. The van der Waals surface area contributed by atoms with Crippen LogP contribution in [0.5, 0.6) is 0 Å². The number of hydrogen-bond donors (Lipinski definition) is 3. The molecule has 7 nitrogen and oxygen atoms in total. The first-order chi connectivity index (χ1) is 13.0. The molecular weight excluding hydrogens is 375 g/mol. The van der Waals surface area contributed by atoms with Crippen molar-refractivity contribution in [3.63, 3.8) is 0 Å². The second-order valence-corrected chi connectivity index (χ2v) is 6.67. The number of carbonyl (C=O) groups is 3. The highest BCUT2D eigenvalue weighted by atomic mass is 35.5.